The second-order valence-corrected chi connectivity index (χ2v) is 7.87. The predicted molar refractivity (Wildman–Crippen MR) is 97.0 cm³/mol. The number of benzene rings is 1. The van der Waals surface area contributed by atoms with Gasteiger partial charge in [-0.15, -0.1) is 0 Å². The van der Waals surface area contributed by atoms with Crippen LogP contribution in [0.25, 0.3) is 0 Å². The van der Waals surface area contributed by atoms with Gasteiger partial charge >= 0.3 is 0 Å². The number of halogens is 1. The van der Waals surface area contributed by atoms with E-state index in [1.807, 2.05) is 32.9 Å². The molecule has 1 aromatic carbocycles. The van der Waals surface area contributed by atoms with Gasteiger partial charge in [-0.3, -0.25) is 9.69 Å². The van der Waals surface area contributed by atoms with E-state index in [0.29, 0.717) is 10.7 Å². The van der Waals surface area contributed by atoms with Gasteiger partial charge in [0.05, 0.1) is 16.8 Å². The van der Waals surface area contributed by atoms with Crippen LogP contribution in [0.2, 0.25) is 5.02 Å². The lowest BCUT2D eigenvalue weighted by Gasteiger charge is -2.44. The van der Waals surface area contributed by atoms with Crippen LogP contribution in [0, 0.1) is 19.3 Å². The van der Waals surface area contributed by atoms with Crippen LogP contribution in [0.3, 0.4) is 0 Å². The third-order valence-electron chi connectivity index (χ3n) is 4.95. The second-order valence-electron chi connectivity index (χ2n) is 7.46. The van der Waals surface area contributed by atoms with Crippen molar-refractivity contribution in [1.29, 1.82) is 0 Å². The lowest BCUT2D eigenvalue weighted by Crippen LogP contribution is -2.56. The van der Waals surface area contributed by atoms with E-state index in [4.69, 9.17) is 17.3 Å². The summed E-state index contributed by atoms with van der Waals surface area (Å²) in [6.45, 7) is 11.9. The van der Waals surface area contributed by atoms with Crippen molar-refractivity contribution in [3.05, 3.63) is 28.3 Å². The molecule has 0 spiro atoms. The van der Waals surface area contributed by atoms with E-state index in [0.717, 1.165) is 30.6 Å². The molecule has 23 heavy (non-hydrogen) atoms. The molecule has 1 fully saturated rings. The normalized spacial score (nSPS) is 22.7. The van der Waals surface area contributed by atoms with Crippen LogP contribution in [0.15, 0.2) is 12.1 Å². The number of carbonyl (C=O) groups excluding carboxylic acids is 1. The second kappa shape index (κ2) is 6.80. The van der Waals surface area contributed by atoms with Crippen LogP contribution in [0.5, 0.6) is 0 Å². The molecule has 1 aromatic rings. The Morgan fingerprint density at radius 2 is 2.09 bits per heavy atom. The van der Waals surface area contributed by atoms with Gasteiger partial charge in [0.15, 0.2) is 0 Å². The number of nitrogens with one attached hydrogen (secondary N) is 1. The minimum atomic E-state index is -0.210. The number of anilines is 1. The molecule has 0 saturated carbocycles. The lowest BCUT2D eigenvalue weighted by atomic mass is 9.79. The molecular formula is C18H28ClN3O. The van der Waals surface area contributed by atoms with Crippen LogP contribution >= 0.6 is 11.6 Å². The molecule has 5 heteroatoms. The predicted octanol–water partition coefficient (Wildman–Crippen LogP) is 3.34. The summed E-state index contributed by atoms with van der Waals surface area (Å²) in [6, 6.07) is 3.87. The Morgan fingerprint density at radius 1 is 1.43 bits per heavy atom. The Morgan fingerprint density at radius 3 is 2.65 bits per heavy atom. The van der Waals surface area contributed by atoms with Crippen LogP contribution < -0.4 is 11.1 Å². The number of piperidine rings is 1. The molecule has 0 aromatic heterocycles. The first kappa shape index (κ1) is 18.2. The molecule has 1 amide bonds. The van der Waals surface area contributed by atoms with Gasteiger partial charge in [0, 0.05) is 19.1 Å². The van der Waals surface area contributed by atoms with Gasteiger partial charge in [0.2, 0.25) is 5.91 Å². The van der Waals surface area contributed by atoms with E-state index in [2.05, 4.69) is 24.1 Å². The van der Waals surface area contributed by atoms with Crippen molar-refractivity contribution in [3.63, 3.8) is 0 Å². The Labute approximate surface area is 144 Å². The number of nitrogens with two attached hydrogens (primary N) is 1. The number of nitrogens with zero attached hydrogens (tertiary/aromatic N) is 1. The summed E-state index contributed by atoms with van der Waals surface area (Å²) in [4.78, 5) is 14.9. The van der Waals surface area contributed by atoms with Crippen LogP contribution in [0.4, 0.5) is 5.69 Å². The van der Waals surface area contributed by atoms with Gasteiger partial charge in [0.1, 0.15) is 0 Å². The number of hydrogen-bond acceptors (Lipinski definition) is 3. The molecule has 2 unspecified atom stereocenters. The van der Waals surface area contributed by atoms with Crippen molar-refractivity contribution in [2.24, 2.45) is 11.1 Å². The standard InChI is InChI=1S/C18H28ClN3O/c1-11-8-12(2)16(14(19)9-11)21-17(23)13(3)22-7-6-15(20)18(4,5)10-22/h8-9,13,15H,6-7,10,20H2,1-5H3,(H,21,23). The number of hydrogen-bond donors (Lipinski definition) is 2. The molecule has 1 aliphatic rings. The maximum Gasteiger partial charge on any atom is 0.241 e. The molecule has 4 nitrogen and oxygen atoms in total. The minimum Gasteiger partial charge on any atom is -0.327 e. The quantitative estimate of drug-likeness (QED) is 0.889. The number of rotatable bonds is 3. The van der Waals surface area contributed by atoms with Crippen LogP contribution in [0.1, 0.15) is 38.3 Å². The van der Waals surface area contributed by atoms with Gasteiger partial charge < -0.3 is 11.1 Å². The molecule has 2 rings (SSSR count). The summed E-state index contributed by atoms with van der Waals surface area (Å²) >= 11 is 6.29. The summed E-state index contributed by atoms with van der Waals surface area (Å²) in [5, 5.41) is 3.58. The number of aryl methyl sites for hydroxylation is 2. The highest BCUT2D eigenvalue weighted by Gasteiger charge is 2.36. The third-order valence-corrected chi connectivity index (χ3v) is 5.25. The fourth-order valence-corrected chi connectivity index (χ4v) is 3.58. The van der Waals surface area contributed by atoms with E-state index in [1.54, 1.807) is 0 Å². The SMILES string of the molecule is Cc1cc(C)c(NC(=O)C(C)N2CCC(N)C(C)(C)C2)c(Cl)c1. The molecule has 0 radical (unpaired) electrons. The topological polar surface area (TPSA) is 58.4 Å². The molecular weight excluding hydrogens is 310 g/mol. The maximum absolute atomic E-state index is 12.7. The summed E-state index contributed by atoms with van der Waals surface area (Å²) in [7, 11) is 0. The van der Waals surface area contributed by atoms with Crippen molar-refractivity contribution in [2.75, 3.05) is 18.4 Å². The molecule has 1 heterocycles. The van der Waals surface area contributed by atoms with Crippen molar-refractivity contribution < 1.29 is 4.79 Å². The Hall–Kier alpha value is -1.10. The Kier molecular flexibility index (Phi) is 5.39. The highest BCUT2D eigenvalue weighted by atomic mass is 35.5. The maximum atomic E-state index is 12.7. The van der Waals surface area contributed by atoms with Gasteiger partial charge in [0.25, 0.3) is 0 Å². The minimum absolute atomic E-state index is 0.0181. The largest absolute Gasteiger partial charge is 0.327 e. The number of carbonyl (C=O) groups is 1. The lowest BCUT2D eigenvalue weighted by molar-refractivity contribution is -0.122. The molecule has 2 atom stereocenters. The molecule has 3 N–H and O–H groups in total. The van der Waals surface area contributed by atoms with Crippen molar-refractivity contribution >= 4 is 23.2 Å². The smallest absolute Gasteiger partial charge is 0.241 e. The summed E-state index contributed by atoms with van der Waals surface area (Å²) < 4.78 is 0. The zero-order chi connectivity index (χ0) is 17.4. The van der Waals surface area contributed by atoms with Crippen LogP contribution in [-0.2, 0) is 4.79 Å². The number of likely N-dealkylation sites (tertiary alicyclic amines) is 1. The van der Waals surface area contributed by atoms with Gasteiger partial charge in [-0.2, -0.15) is 0 Å². The van der Waals surface area contributed by atoms with Crippen molar-refractivity contribution in [3.8, 4) is 0 Å². The van der Waals surface area contributed by atoms with Crippen LogP contribution in [-0.4, -0.2) is 36.0 Å². The fourth-order valence-electron chi connectivity index (χ4n) is 3.21. The first-order chi connectivity index (χ1) is 10.6. The monoisotopic (exact) mass is 337 g/mol. The molecule has 0 aliphatic carbocycles. The summed E-state index contributed by atoms with van der Waals surface area (Å²) in [6.07, 6.45) is 0.912. The Balaban J connectivity index is 2.09. The van der Waals surface area contributed by atoms with E-state index in [1.165, 1.54) is 0 Å². The molecule has 0 bridgehead atoms. The highest BCUT2D eigenvalue weighted by Crippen LogP contribution is 2.30. The van der Waals surface area contributed by atoms with Gasteiger partial charge in [-0.25, -0.2) is 0 Å². The van der Waals surface area contributed by atoms with Gasteiger partial charge in [-0.1, -0.05) is 31.5 Å². The first-order valence-electron chi connectivity index (χ1n) is 8.19. The zero-order valence-corrected chi connectivity index (χ0v) is 15.5. The van der Waals surface area contributed by atoms with Gasteiger partial charge in [-0.05, 0) is 49.8 Å². The summed E-state index contributed by atoms with van der Waals surface area (Å²) in [5.74, 6) is -0.0230. The van der Waals surface area contributed by atoms with E-state index >= 15 is 0 Å². The number of amides is 1. The average molecular weight is 338 g/mol. The zero-order valence-electron chi connectivity index (χ0n) is 14.7. The molecule has 1 aliphatic heterocycles. The third kappa shape index (κ3) is 4.06. The molecule has 128 valence electrons. The summed E-state index contributed by atoms with van der Waals surface area (Å²) in [5.41, 5.74) is 8.98. The van der Waals surface area contributed by atoms with E-state index in [9.17, 15) is 4.79 Å². The molecule has 1 saturated heterocycles. The average Bonchev–Trinajstić information content (AvgIpc) is 2.44. The Bertz CT molecular complexity index is 577. The highest BCUT2D eigenvalue weighted by molar-refractivity contribution is 6.34. The first-order valence-corrected chi connectivity index (χ1v) is 8.57. The van der Waals surface area contributed by atoms with E-state index < -0.39 is 0 Å². The van der Waals surface area contributed by atoms with E-state index in [-0.39, 0.29) is 23.4 Å². The fraction of sp³-hybridized carbons (Fsp3) is 0.611. The van der Waals surface area contributed by atoms with Crippen molar-refractivity contribution in [1.82, 2.24) is 4.90 Å². The van der Waals surface area contributed by atoms with Crippen molar-refractivity contribution in [2.45, 2.75) is 53.1 Å².